The highest BCUT2D eigenvalue weighted by molar-refractivity contribution is 5.94. The van der Waals surface area contributed by atoms with E-state index in [1.54, 1.807) is 24.3 Å². The fraction of sp³-hybridized carbons (Fsp3) is 0.414. The smallest absolute Gasteiger partial charge is 0.469 e. The molecular formula is C29H34F3N3O4. The highest BCUT2D eigenvalue weighted by Gasteiger charge is 2.31. The summed E-state index contributed by atoms with van der Waals surface area (Å²) in [5.41, 5.74) is 3.75. The Hall–Kier alpha value is -3.82. The Balaban J connectivity index is 1.79. The van der Waals surface area contributed by atoms with E-state index in [0.717, 1.165) is 42.6 Å². The molecule has 10 heteroatoms. The zero-order valence-electron chi connectivity index (χ0n) is 22.4. The van der Waals surface area contributed by atoms with Crippen molar-refractivity contribution >= 4 is 11.9 Å². The summed E-state index contributed by atoms with van der Waals surface area (Å²) in [6, 6.07) is 14.8. The van der Waals surface area contributed by atoms with Gasteiger partial charge < -0.3 is 14.8 Å². The van der Waals surface area contributed by atoms with Crippen molar-refractivity contribution in [1.82, 2.24) is 15.1 Å². The van der Waals surface area contributed by atoms with Crippen molar-refractivity contribution in [3.8, 4) is 17.0 Å². The van der Waals surface area contributed by atoms with E-state index in [9.17, 15) is 22.8 Å². The van der Waals surface area contributed by atoms with Crippen molar-refractivity contribution in [3.05, 3.63) is 71.4 Å². The number of carbonyl (C=O) groups is 2. The lowest BCUT2D eigenvalue weighted by molar-refractivity contribution is -0.274. The maximum atomic E-state index is 12.6. The van der Waals surface area contributed by atoms with E-state index in [-0.39, 0.29) is 30.5 Å². The molecule has 1 aromatic heterocycles. The summed E-state index contributed by atoms with van der Waals surface area (Å²) in [5.74, 6) is -0.761. The quantitative estimate of drug-likeness (QED) is 0.197. The number of ether oxygens (including phenoxy) is 2. The number of alkyl halides is 3. The Morgan fingerprint density at radius 1 is 1.05 bits per heavy atom. The third-order valence-electron chi connectivity index (χ3n) is 6.32. The number of aromatic nitrogens is 2. The van der Waals surface area contributed by atoms with Crippen molar-refractivity contribution < 1.29 is 32.2 Å². The van der Waals surface area contributed by atoms with Gasteiger partial charge in [-0.2, -0.15) is 5.10 Å². The summed E-state index contributed by atoms with van der Waals surface area (Å²) in [5, 5.41) is 7.53. The molecule has 0 aliphatic carbocycles. The summed E-state index contributed by atoms with van der Waals surface area (Å²) in [4.78, 5) is 23.6. The molecule has 1 unspecified atom stereocenters. The Bertz CT molecular complexity index is 1220. The second-order valence-electron chi connectivity index (χ2n) is 9.36. The normalized spacial score (nSPS) is 12.2. The molecule has 1 N–H and O–H groups in total. The van der Waals surface area contributed by atoms with Gasteiger partial charge in [0.05, 0.1) is 31.5 Å². The van der Waals surface area contributed by atoms with Gasteiger partial charge in [-0.05, 0) is 54.4 Å². The maximum absolute atomic E-state index is 12.6. The van der Waals surface area contributed by atoms with Crippen LogP contribution in [0.15, 0.2) is 54.6 Å². The van der Waals surface area contributed by atoms with Crippen LogP contribution in [0.4, 0.5) is 13.2 Å². The van der Waals surface area contributed by atoms with Crippen molar-refractivity contribution in [2.45, 2.75) is 64.8 Å². The molecule has 0 spiro atoms. The van der Waals surface area contributed by atoms with Crippen LogP contribution in [0, 0.1) is 0 Å². The van der Waals surface area contributed by atoms with Gasteiger partial charge in [0.25, 0.3) is 5.91 Å². The van der Waals surface area contributed by atoms with Crippen LogP contribution in [0.1, 0.15) is 73.5 Å². The molecule has 7 nitrogen and oxygen atoms in total. The number of hydrogen-bond donors (Lipinski definition) is 1. The van der Waals surface area contributed by atoms with E-state index in [1.165, 1.54) is 19.2 Å². The standard InChI is InChI=1S/C29H34F3N3O4/c1-4-5-6-7-20(2)25-18-26(22-12-14-24(15-13-22)39-29(30,31)32)35(34-25)19-21-8-10-23(11-9-21)28(37)33-17-16-27(36)38-3/h8-15,18,20H,4-7,16-17,19H2,1-3H3,(H,33,37). The molecule has 1 atom stereocenters. The number of benzene rings is 2. The Labute approximate surface area is 226 Å². The first-order valence-electron chi connectivity index (χ1n) is 13.0. The van der Waals surface area contributed by atoms with Crippen LogP contribution >= 0.6 is 0 Å². The Morgan fingerprint density at radius 2 is 1.74 bits per heavy atom. The van der Waals surface area contributed by atoms with Crippen LogP contribution in [0.2, 0.25) is 0 Å². The molecular weight excluding hydrogens is 511 g/mol. The van der Waals surface area contributed by atoms with Crippen molar-refractivity contribution in [2.75, 3.05) is 13.7 Å². The molecule has 3 aromatic rings. The number of nitrogens with one attached hydrogen (secondary N) is 1. The number of unbranched alkanes of at least 4 members (excludes halogenated alkanes) is 2. The summed E-state index contributed by atoms with van der Waals surface area (Å²) in [7, 11) is 1.29. The third kappa shape index (κ3) is 9.15. The minimum absolute atomic E-state index is 0.0882. The highest BCUT2D eigenvalue weighted by Crippen LogP contribution is 2.30. The lowest BCUT2D eigenvalue weighted by Crippen LogP contribution is -2.26. The second kappa shape index (κ2) is 13.8. The minimum Gasteiger partial charge on any atom is -0.469 e. The number of nitrogens with zero attached hydrogens (tertiary/aromatic N) is 2. The van der Waals surface area contributed by atoms with Gasteiger partial charge in [-0.15, -0.1) is 13.2 Å². The van der Waals surface area contributed by atoms with E-state index >= 15 is 0 Å². The zero-order chi connectivity index (χ0) is 28.4. The molecule has 1 heterocycles. The van der Waals surface area contributed by atoms with Crippen LogP contribution in [0.3, 0.4) is 0 Å². The summed E-state index contributed by atoms with van der Waals surface area (Å²) in [6.45, 7) is 4.86. The molecule has 1 amide bonds. The number of hydrogen-bond acceptors (Lipinski definition) is 5. The lowest BCUT2D eigenvalue weighted by atomic mass is 9.99. The van der Waals surface area contributed by atoms with E-state index < -0.39 is 12.3 Å². The van der Waals surface area contributed by atoms with Gasteiger partial charge in [-0.3, -0.25) is 14.3 Å². The minimum atomic E-state index is -4.76. The van der Waals surface area contributed by atoms with Gasteiger partial charge in [0, 0.05) is 23.6 Å². The number of rotatable bonds is 13. The van der Waals surface area contributed by atoms with Gasteiger partial charge in [-0.1, -0.05) is 45.2 Å². The van der Waals surface area contributed by atoms with Crippen molar-refractivity contribution in [2.24, 2.45) is 0 Å². The molecule has 39 heavy (non-hydrogen) atoms. The Kier molecular flexibility index (Phi) is 10.5. The fourth-order valence-corrected chi connectivity index (χ4v) is 4.12. The van der Waals surface area contributed by atoms with E-state index in [1.807, 2.05) is 22.9 Å². The highest BCUT2D eigenvalue weighted by atomic mass is 19.4. The monoisotopic (exact) mass is 545 g/mol. The number of carbonyl (C=O) groups excluding carboxylic acids is 2. The average molecular weight is 546 g/mol. The average Bonchev–Trinajstić information content (AvgIpc) is 3.32. The largest absolute Gasteiger partial charge is 0.573 e. The first-order valence-corrected chi connectivity index (χ1v) is 13.0. The predicted octanol–water partition coefficient (Wildman–Crippen LogP) is 6.47. The van der Waals surface area contributed by atoms with Crippen LogP contribution in [0.5, 0.6) is 5.75 Å². The molecule has 210 valence electrons. The molecule has 0 aliphatic heterocycles. The molecule has 2 aromatic carbocycles. The maximum Gasteiger partial charge on any atom is 0.573 e. The zero-order valence-corrected chi connectivity index (χ0v) is 22.4. The van der Waals surface area contributed by atoms with Gasteiger partial charge >= 0.3 is 12.3 Å². The van der Waals surface area contributed by atoms with Gasteiger partial charge in [0.2, 0.25) is 0 Å². The van der Waals surface area contributed by atoms with Crippen molar-refractivity contribution in [3.63, 3.8) is 0 Å². The SMILES string of the molecule is CCCCCC(C)c1cc(-c2ccc(OC(F)(F)F)cc2)n(Cc2ccc(C(=O)NCCC(=O)OC)cc2)n1. The predicted molar refractivity (Wildman–Crippen MR) is 141 cm³/mol. The number of amides is 1. The molecule has 0 saturated heterocycles. The lowest BCUT2D eigenvalue weighted by Gasteiger charge is -2.11. The fourth-order valence-electron chi connectivity index (χ4n) is 4.12. The van der Waals surface area contributed by atoms with Gasteiger partial charge in [0.15, 0.2) is 0 Å². The van der Waals surface area contributed by atoms with Gasteiger partial charge in [0.1, 0.15) is 5.75 Å². The van der Waals surface area contributed by atoms with Crippen LogP contribution in [-0.4, -0.2) is 41.7 Å². The number of esters is 1. The van der Waals surface area contributed by atoms with E-state index in [0.29, 0.717) is 17.7 Å². The van der Waals surface area contributed by atoms with Crippen molar-refractivity contribution in [1.29, 1.82) is 0 Å². The molecule has 0 radical (unpaired) electrons. The number of halogens is 3. The van der Waals surface area contributed by atoms with Crippen LogP contribution in [0.25, 0.3) is 11.3 Å². The first-order chi connectivity index (χ1) is 18.6. The summed E-state index contributed by atoms with van der Waals surface area (Å²) >= 11 is 0. The van der Waals surface area contributed by atoms with E-state index in [2.05, 4.69) is 28.6 Å². The summed E-state index contributed by atoms with van der Waals surface area (Å²) in [6.07, 6.45) is -0.326. The summed E-state index contributed by atoms with van der Waals surface area (Å²) < 4.78 is 48.2. The van der Waals surface area contributed by atoms with Gasteiger partial charge in [-0.25, -0.2) is 0 Å². The Morgan fingerprint density at radius 3 is 2.36 bits per heavy atom. The number of methoxy groups -OCH3 is 1. The first kappa shape index (κ1) is 29.7. The molecule has 0 fully saturated rings. The molecule has 0 bridgehead atoms. The topological polar surface area (TPSA) is 82.5 Å². The second-order valence-corrected chi connectivity index (χ2v) is 9.36. The molecule has 0 saturated carbocycles. The van der Waals surface area contributed by atoms with E-state index in [4.69, 9.17) is 5.10 Å². The van der Waals surface area contributed by atoms with Crippen LogP contribution in [-0.2, 0) is 16.1 Å². The molecule has 3 rings (SSSR count). The molecule has 0 aliphatic rings. The van der Waals surface area contributed by atoms with Crippen LogP contribution < -0.4 is 10.1 Å². The third-order valence-corrected chi connectivity index (χ3v) is 6.32.